The van der Waals surface area contributed by atoms with E-state index in [1.165, 1.54) is 36.4 Å². The number of aliphatic imine (C=N–C) groups is 1. The van der Waals surface area contributed by atoms with Gasteiger partial charge in [0.1, 0.15) is 11.6 Å². The van der Waals surface area contributed by atoms with Crippen LogP contribution in [0.5, 0.6) is 5.75 Å². The van der Waals surface area contributed by atoms with Crippen LogP contribution in [0.2, 0.25) is 5.02 Å². The molecule has 2 aromatic carbocycles. The maximum absolute atomic E-state index is 13.0. The van der Waals surface area contributed by atoms with Crippen LogP contribution < -0.4 is 4.74 Å². The minimum Gasteiger partial charge on any atom is -0.421 e. The van der Waals surface area contributed by atoms with E-state index in [-0.39, 0.29) is 37.3 Å². The summed E-state index contributed by atoms with van der Waals surface area (Å²) in [5, 5.41) is 13.1. The second-order valence-electron chi connectivity index (χ2n) is 6.74. The normalized spacial score (nSPS) is 17.1. The lowest BCUT2D eigenvalue weighted by atomic mass is 10.1. The van der Waals surface area contributed by atoms with Gasteiger partial charge in [-0.3, -0.25) is 10.2 Å². The number of esters is 1. The van der Waals surface area contributed by atoms with Gasteiger partial charge in [0.25, 0.3) is 5.91 Å². The number of fused-ring (bicyclic) bond motifs is 1. The number of hydrogen-bond donors (Lipinski definition) is 1. The zero-order chi connectivity index (χ0) is 23.9. The molecule has 9 nitrogen and oxygen atoms in total. The lowest BCUT2D eigenvalue weighted by Crippen LogP contribution is -2.35. The van der Waals surface area contributed by atoms with Crippen LogP contribution in [-0.4, -0.2) is 46.9 Å². The molecule has 168 valence electrons. The lowest BCUT2D eigenvalue weighted by molar-refractivity contribution is -0.114. The van der Waals surface area contributed by atoms with Gasteiger partial charge in [-0.1, -0.05) is 17.7 Å². The first-order valence-electron chi connectivity index (χ1n) is 9.00. The smallest absolute Gasteiger partial charge is 0.343 e. The van der Waals surface area contributed by atoms with Crippen molar-refractivity contribution < 1.29 is 27.1 Å². The zero-order valence-electron chi connectivity index (χ0n) is 16.6. The van der Waals surface area contributed by atoms with E-state index in [0.29, 0.717) is 17.3 Å². The Hall–Kier alpha value is -3.35. The van der Waals surface area contributed by atoms with E-state index < -0.39 is 27.5 Å². The number of nitrogens with zero attached hydrogens (tertiary/aromatic N) is 3. The molecule has 0 saturated heterocycles. The highest BCUT2D eigenvalue weighted by atomic mass is 35.5. The fraction of sp³-hybridized carbons (Fsp3) is 0.0500. The van der Waals surface area contributed by atoms with Gasteiger partial charge in [0.2, 0.25) is 19.4 Å². The molecule has 13 heteroatoms. The van der Waals surface area contributed by atoms with Crippen molar-refractivity contribution in [3.63, 3.8) is 0 Å². The Morgan fingerprint density at radius 2 is 1.94 bits per heavy atom. The van der Waals surface area contributed by atoms with Crippen LogP contribution in [0.25, 0.3) is 6.08 Å². The molecule has 0 radical (unpaired) electrons. The number of halogens is 2. The monoisotopic (exact) mass is 506 g/mol. The van der Waals surface area contributed by atoms with Crippen LogP contribution in [0.1, 0.15) is 15.9 Å². The van der Waals surface area contributed by atoms with Gasteiger partial charge in [-0.15, -0.1) is 5.10 Å². The summed E-state index contributed by atoms with van der Waals surface area (Å²) in [6.45, 7) is 0. The highest BCUT2D eigenvalue weighted by Crippen LogP contribution is 2.31. The summed E-state index contributed by atoms with van der Waals surface area (Å²) in [6.07, 6.45) is 2.30. The first-order chi connectivity index (χ1) is 15.5. The molecule has 2 aliphatic rings. The van der Waals surface area contributed by atoms with Crippen molar-refractivity contribution >= 4 is 66.5 Å². The second-order valence-corrected chi connectivity index (χ2v) is 10.3. The number of ether oxygens (including phenoxy) is 1. The van der Waals surface area contributed by atoms with Gasteiger partial charge in [-0.05, 0) is 59.8 Å². The quantitative estimate of drug-likeness (QED) is 0.384. The van der Waals surface area contributed by atoms with Crippen molar-refractivity contribution in [2.24, 2.45) is 10.1 Å². The molecule has 1 amide bonds. The van der Waals surface area contributed by atoms with Crippen LogP contribution in [0.4, 0.5) is 4.39 Å². The van der Waals surface area contributed by atoms with Crippen molar-refractivity contribution in [3.8, 4) is 5.75 Å². The highest BCUT2D eigenvalue weighted by Gasteiger charge is 2.38. The van der Waals surface area contributed by atoms with Gasteiger partial charge in [-0.2, -0.15) is 10.0 Å². The third kappa shape index (κ3) is 4.72. The Bertz CT molecular complexity index is 1420. The van der Waals surface area contributed by atoms with E-state index in [9.17, 15) is 22.4 Å². The molecular weight excluding hydrogens is 495 g/mol. The molecule has 0 aliphatic carbocycles. The SMILES string of the molecule is CS(=O)(=O)C1=NN2C(=N)/C(=C/c3ccc(OC(=O)c4ccc(F)cc4)c(Cl)c3)C(=O)N=C2S1. The van der Waals surface area contributed by atoms with Crippen molar-refractivity contribution in [3.05, 3.63) is 70.0 Å². The molecule has 0 bridgehead atoms. The molecule has 2 heterocycles. The minimum atomic E-state index is -3.64. The molecule has 4 rings (SSSR count). The fourth-order valence-electron chi connectivity index (χ4n) is 2.73. The van der Waals surface area contributed by atoms with Crippen LogP contribution in [-0.2, 0) is 14.6 Å². The van der Waals surface area contributed by atoms with Crippen molar-refractivity contribution in [1.82, 2.24) is 5.01 Å². The number of hydrogen-bond acceptors (Lipinski definition) is 8. The predicted molar refractivity (Wildman–Crippen MR) is 123 cm³/mol. The molecule has 0 unspecified atom stereocenters. The van der Waals surface area contributed by atoms with Crippen molar-refractivity contribution in [1.29, 1.82) is 5.41 Å². The predicted octanol–water partition coefficient (Wildman–Crippen LogP) is 3.32. The maximum atomic E-state index is 13.0. The van der Waals surface area contributed by atoms with Gasteiger partial charge in [0.15, 0.2) is 5.84 Å². The number of amidine groups is 2. The first kappa shape index (κ1) is 22.8. The number of carbonyl (C=O) groups excluding carboxylic acids is 2. The number of amides is 1. The van der Waals surface area contributed by atoms with E-state index in [2.05, 4.69) is 10.1 Å². The van der Waals surface area contributed by atoms with Gasteiger partial charge in [0.05, 0.1) is 16.2 Å². The molecule has 33 heavy (non-hydrogen) atoms. The number of sulfone groups is 1. The summed E-state index contributed by atoms with van der Waals surface area (Å²) in [4.78, 5) is 28.4. The molecule has 2 aliphatic heterocycles. The molecule has 0 fully saturated rings. The Morgan fingerprint density at radius 3 is 2.58 bits per heavy atom. The summed E-state index contributed by atoms with van der Waals surface area (Å²) in [5.74, 6) is -2.28. The average Bonchev–Trinajstić information content (AvgIpc) is 3.18. The fourth-order valence-corrected chi connectivity index (χ4v) is 4.64. The summed E-state index contributed by atoms with van der Waals surface area (Å²) in [7, 11) is -3.64. The molecule has 1 N–H and O–H groups in total. The van der Waals surface area contributed by atoms with Crippen LogP contribution in [0, 0.1) is 11.2 Å². The number of nitrogens with one attached hydrogen (secondary N) is 1. The van der Waals surface area contributed by atoms with E-state index in [0.717, 1.165) is 23.4 Å². The molecule has 0 atom stereocenters. The van der Waals surface area contributed by atoms with Crippen LogP contribution >= 0.6 is 23.4 Å². The van der Waals surface area contributed by atoms with Crippen molar-refractivity contribution in [2.75, 3.05) is 6.26 Å². The Balaban J connectivity index is 1.57. The molecule has 2 aromatic rings. The Kier molecular flexibility index (Phi) is 5.91. The van der Waals surface area contributed by atoms with Crippen molar-refractivity contribution in [2.45, 2.75) is 0 Å². The topological polar surface area (TPSA) is 129 Å². The molecule has 0 saturated carbocycles. The van der Waals surface area contributed by atoms with Gasteiger partial charge >= 0.3 is 5.97 Å². The molecule has 0 aromatic heterocycles. The van der Waals surface area contributed by atoms with E-state index in [1.54, 1.807) is 0 Å². The Morgan fingerprint density at radius 1 is 1.24 bits per heavy atom. The maximum Gasteiger partial charge on any atom is 0.343 e. The minimum absolute atomic E-state index is 0.0244. The number of benzene rings is 2. The Labute approximate surface area is 196 Å². The number of thioether (sulfide) groups is 1. The zero-order valence-corrected chi connectivity index (χ0v) is 19.0. The lowest BCUT2D eigenvalue weighted by Gasteiger charge is -2.20. The van der Waals surface area contributed by atoms with E-state index >= 15 is 0 Å². The van der Waals surface area contributed by atoms with Gasteiger partial charge in [0, 0.05) is 6.26 Å². The second kappa shape index (κ2) is 8.54. The summed E-state index contributed by atoms with van der Waals surface area (Å²) in [5.41, 5.74) is 0.392. The first-order valence-corrected chi connectivity index (χ1v) is 12.1. The van der Waals surface area contributed by atoms with Gasteiger partial charge < -0.3 is 4.74 Å². The van der Waals surface area contributed by atoms with Gasteiger partial charge in [-0.25, -0.2) is 17.6 Å². The molecule has 0 spiro atoms. The summed E-state index contributed by atoms with van der Waals surface area (Å²) >= 11 is 6.89. The largest absolute Gasteiger partial charge is 0.421 e. The van der Waals surface area contributed by atoms with Crippen LogP contribution in [0.15, 0.2) is 58.1 Å². The summed E-state index contributed by atoms with van der Waals surface area (Å²) in [6, 6.07) is 9.09. The number of rotatable bonds is 3. The van der Waals surface area contributed by atoms with E-state index in [4.69, 9.17) is 21.7 Å². The third-order valence-corrected chi connectivity index (χ3v) is 7.18. The number of carbonyl (C=O) groups is 2. The van der Waals surface area contributed by atoms with Crippen LogP contribution in [0.3, 0.4) is 0 Å². The van der Waals surface area contributed by atoms with E-state index in [1.807, 2.05) is 0 Å². The third-order valence-electron chi connectivity index (χ3n) is 4.30. The highest BCUT2D eigenvalue weighted by molar-refractivity contribution is 8.42. The number of hydrazone groups is 1. The molecular formula is C20H12ClFN4O5S2. The average molecular weight is 507 g/mol. The standard InChI is InChI=1S/C20H12ClFN4O5S2/c1-33(29,30)20-25-26-16(23)13(17(27)24-19(26)32-20)8-10-2-7-15(14(21)9-10)31-18(28)11-3-5-12(22)6-4-11/h2-9,23H,1H3/b13-8-,23-16?. The summed E-state index contributed by atoms with van der Waals surface area (Å²) < 4.78 is 41.4.